The van der Waals surface area contributed by atoms with Crippen LogP contribution in [0.15, 0.2) is 36.4 Å². The maximum atomic E-state index is 12.5. The number of nitrogens with zero attached hydrogens (tertiary/aromatic N) is 1. The average Bonchev–Trinajstić information content (AvgIpc) is 3.08. The van der Waals surface area contributed by atoms with Crippen molar-refractivity contribution in [1.82, 2.24) is 9.55 Å². The number of rotatable bonds is 2. The van der Waals surface area contributed by atoms with Gasteiger partial charge >= 0.3 is 5.97 Å². The lowest BCUT2D eigenvalue weighted by molar-refractivity contribution is -0.139. The normalized spacial score (nSPS) is 20.9. The largest absolute Gasteiger partial charge is 0.481 e. The van der Waals surface area contributed by atoms with Gasteiger partial charge in [0.25, 0.3) is 0 Å². The Bertz CT molecular complexity index is 1400. The van der Waals surface area contributed by atoms with E-state index < -0.39 is 11.9 Å². The topological polar surface area (TPSA) is 58.0 Å². The maximum Gasteiger partial charge on any atom is 0.312 e. The molecule has 0 radical (unpaired) electrons. The standard InChI is InChI=1S/C27H26Cl2N2O2/c28-15-9-11-22-20(13-15)17-5-3-4-8-24(25(17)30-22)31-23-12-10-16(29)14-21(23)18-6-1-2-7-19(26(18)31)27(32)33/h9-14,19,24,30H,1-8H2,(H,32,33). The fourth-order valence-electron chi connectivity index (χ4n) is 6.21. The third-order valence-corrected chi connectivity index (χ3v) is 8.08. The minimum absolute atomic E-state index is 0.0565. The molecule has 2 unspecified atom stereocenters. The van der Waals surface area contributed by atoms with Crippen molar-refractivity contribution in [3.05, 3.63) is 69.0 Å². The summed E-state index contributed by atoms with van der Waals surface area (Å²) < 4.78 is 2.35. The number of H-pyrrole nitrogens is 1. The smallest absolute Gasteiger partial charge is 0.312 e. The first kappa shape index (κ1) is 21.1. The van der Waals surface area contributed by atoms with Gasteiger partial charge in [0.15, 0.2) is 0 Å². The van der Waals surface area contributed by atoms with Crippen LogP contribution in [0, 0.1) is 0 Å². The van der Waals surface area contributed by atoms with Gasteiger partial charge in [0, 0.05) is 43.2 Å². The number of aryl methyl sites for hydroxylation is 2. The Labute approximate surface area is 202 Å². The second-order valence-corrected chi connectivity index (χ2v) is 10.4. The molecule has 2 aromatic heterocycles. The zero-order chi connectivity index (χ0) is 22.7. The van der Waals surface area contributed by atoms with Crippen LogP contribution < -0.4 is 0 Å². The molecule has 0 saturated carbocycles. The molecule has 6 heteroatoms. The summed E-state index contributed by atoms with van der Waals surface area (Å²) in [6, 6.07) is 12.1. The third kappa shape index (κ3) is 3.38. The highest BCUT2D eigenvalue weighted by Crippen LogP contribution is 2.45. The molecule has 2 aromatic carbocycles. The quantitative estimate of drug-likeness (QED) is 0.289. The summed E-state index contributed by atoms with van der Waals surface area (Å²) in [5.74, 6) is -1.23. The van der Waals surface area contributed by atoms with Crippen LogP contribution in [0.2, 0.25) is 10.0 Å². The van der Waals surface area contributed by atoms with Crippen molar-refractivity contribution in [2.24, 2.45) is 0 Å². The lowest BCUT2D eigenvalue weighted by atomic mass is 9.97. The molecular formula is C27H26Cl2N2O2. The Morgan fingerprint density at radius 3 is 2.39 bits per heavy atom. The van der Waals surface area contributed by atoms with Crippen molar-refractivity contribution in [3.63, 3.8) is 0 Å². The molecule has 2 heterocycles. The van der Waals surface area contributed by atoms with Crippen molar-refractivity contribution in [1.29, 1.82) is 0 Å². The van der Waals surface area contributed by atoms with Crippen LogP contribution in [0.25, 0.3) is 21.8 Å². The summed E-state index contributed by atoms with van der Waals surface area (Å²) in [5, 5.41) is 14.0. The number of benzene rings is 2. The van der Waals surface area contributed by atoms with E-state index in [1.165, 1.54) is 22.2 Å². The number of aliphatic carboxylic acids is 1. The molecule has 33 heavy (non-hydrogen) atoms. The first-order valence-electron chi connectivity index (χ1n) is 11.9. The van der Waals surface area contributed by atoms with Gasteiger partial charge < -0.3 is 14.7 Å². The number of halogens is 2. The SMILES string of the molecule is O=C(O)C1CCCCc2c1n(C1CCCCc3c1[nH]c1ccc(Cl)cc31)c1ccc(Cl)cc21. The fraction of sp³-hybridized carbons (Fsp3) is 0.370. The summed E-state index contributed by atoms with van der Waals surface area (Å²) in [6.07, 6.45) is 7.67. The minimum atomic E-state index is -0.731. The number of hydrogen-bond acceptors (Lipinski definition) is 1. The van der Waals surface area contributed by atoms with Crippen LogP contribution >= 0.6 is 23.2 Å². The molecule has 0 fully saturated rings. The van der Waals surface area contributed by atoms with Gasteiger partial charge in [-0.05, 0) is 86.1 Å². The van der Waals surface area contributed by atoms with Crippen molar-refractivity contribution < 1.29 is 9.90 Å². The van der Waals surface area contributed by atoms with E-state index >= 15 is 0 Å². The molecule has 2 atom stereocenters. The zero-order valence-electron chi connectivity index (χ0n) is 18.3. The van der Waals surface area contributed by atoms with Gasteiger partial charge in [-0.3, -0.25) is 4.79 Å². The second-order valence-electron chi connectivity index (χ2n) is 9.50. The Kier molecular flexibility index (Phi) is 5.19. The Morgan fingerprint density at radius 2 is 1.61 bits per heavy atom. The highest BCUT2D eigenvalue weighted by atomic mass is 35.5. The lowest BCUT2D eigenvalue weighted by Crippen LogP contribution is -2.21. The average molecular weight is 481 g/mol. The molecule has 2 aliphatic rings. The zero-order valence-corrected chi connectivity index (χ0v) is 19.8. The molecule has 6 rings (SSSR count). The number of nitrogens with one attached hydrogen (secondary N) is 1. The van der Waals surface area contributed by atoms with Gasteiger partial charge in [0.1, 0.15) is 0 Å². The summed E-state index contributed by atoms with van der Waals surface area (Å²) in [7, 11) is 0. The molecule has 4 aromatic rings. The van der Waals surface area contributed by atoms with E-state index in [1.807, 2.05) is 18.2 Å². The van der Waals surface area contributed by atoms with Crippen LogP contribution in [0.1, 0.15) is 73.0 Å². The Hall–Kier alpha value is -2.43. The molecule has 0 amide bonds. The number of carboxylic acids is 1. The number of aromatic amines is 1. The van der Waals surface area contributed by atoms with Crippen LogP contribution in [0.3, 0.4) is 0 Å². The van der Waals surface area contributed by atoms with Crippen molar-refractivity contribution >= 4 is 51.0 Å². The predicted octanol–water partition coefficient (Wildman–Crippen LogP) is 7.64. The van der Waals surface area contributed by atoms with E-state index in [9.17, 15) is 9.90 Å². The van der Waals surface area contributed by atoms with Crippen LogP contribution in [0.4, 0.5) is 0 Å². The van der Waals surface area contributed by atoms with E-state index in [-0.39, 0.29) is 6.04 Å². The van der Waals surface area contributed by atoms with Crippen molar-refractivity contribution in [3.8, 4) is 0 Å². The van der Waals surface area contributed by atoms with Gasteiger partial charge in [0.05, 0.1) is 12.0 Å². The Balaban J connectivity index is 1.67. The van der Waals surface area contributed by atoms with Crippen molar-refractivity contribution in [2.45, 2.75) is 63.3 Å². The van der Waals surface area contributed by atoms with E-state index in [2.05, 4.69) is 27.8 Å². The molecule has 0 aliphatic heterocycles. The molecule has 4 nitrogen and oxygen atoms in total. The molecule has 0 saturated heterocycles. The van der Waals surface area contributed by atoms with Gasteiger partial charge in [0.2, 0.25) is 0 Å². The van der Waals surface area contributed by atoms with Gasteiger partial charge in [-0.1, -0.05) is 36.0 Å². The summed E-state index contributed by atoms with van der Waals surface area (Å²) in [5.41, 5.74) is 6.85. The highest BCUT2D eigenvalue weighted by Gasteiger charge is 2.35. The van der Waals surface area contributed by atoms with Crippen molar-refractivity contribution in [2.75, 3.05) is 0 Å². The van der Waals surface area contributed by atoms with Crippen LogP contribution in [-0.2, 0) is 17.6 Å². The van der Waals surface area contributed by atoms with Gasteiger partial charge in [-0.15, -0.1) is 0 Å². The molecule has 170 valence electrons. The molecule has 0 bridgehead atoms. The number of hydrogen-bond donors (Lipinski definition) is 2. The first-order valence-corrected chi connectivity index (χ1v) is 12.6. The predicted molar refractivity (Wildman–Crippen MR) is 134 cm³/mol. The van der Waals surface area contributed by atoms with Crippen LogP contribution in [0.5, 0.6) is 0 Å². The summed E-state index contributed by atoms with van der Waals surface area (Å²) in [6.45, 7) is 0. The Morgan fingerprint density at radius 1 is 0.909 bits per heavy atom. The van der Waals surface area contributed by atoms with E-state index in [1.54, 1.807) is 0 Å². The van der Waals surface area contributed by atoms with E-state index in [4.69, 9.17) is 23.2 Å². The second kappa shape index (κ2) is 8.11. The first-order chi connectivity index (χ1) is 16.0. The fourth-order valence-corrected chi connectivity index (χ4v) is 6.56. The maximum absolute atomic E-state index is 12.5. The lowest BCUT2D eigenvalue weighted by Gasteiger charge is -2.25. The van der Waals surface area contributed by atoms with Gasteiger partial charge in [-0.25, -0.2) is 0 Å². The summed E-state index contributed by atoms with van der Waals surface area (Å²) in [4.78, 5) is 16.2. The number of fused-ring (bicyclic) bond motifs is 6. The molecular weight excluding hydrogens is 455 g/mol. The number of carboxylic acid groups (broad SMARTS) is 1. The summed E-state index contributed by atoms with van der Waals surface area (Å²) >= 11 is 12.8. The third-order valence-electron chi connectivity index (χ3n) is 7.61. The van der Waals surface area contributed by atoms with E-state index in [0.29, 0.717) is 11.4 Å². The molecule has 2 N–H and O–H groups in total. The van der Waals surface area contributed by atoms with Crippen LogP contribution in [-0.4, -0.2) is 20.6 Å². The molecule has 2 aliphatic carbocycles. The highest BCUT2D eigenvalue weighted by molar-refractivity contribution is 6.31. The monoisotopic (exact) mass is 480 g/mol. The number of aromatic nitrogens is 2. The molecule has 0 spiro atoms. The number of carbonyl (C=O) groups is 1. The minimum Gasteiger partial charge on any atom is -0.481 e. The van der Waals surface area contributed by atoms with Gasteiger partial charge in [-0.2, -0.15) is 0 Å². The van der Waals surface area contributed by atoms with E-state index in [0.717, 1.165) is 72.1 Å².